The molecule has 4 nitrogen and oxygen atoms in total. The molecule has 112 valence electrons. The lowest BCUT2D eigenvalue weighted by Crippen LogP contribution is -2.47. The molecule has 0 spiro atoms. The van der Waals surface area contributed by atoms with Gasteiger partial charge in [-0.2, -0.15) is 4.31 Å². The number of hydrogen-bond acceptors (Lipinski definition) is 3. The first-order valence-corrected chi connectivity index (χ1v) is 7.97. The first-order valence-electron chi connectivity index (χ1n) is 6.53. The van der Waals surface area contributed by atoms with Gasteiger partial charge in [-0.25, -0.2) is 17.2 Å². The van der Waals surface area contributed by atoms with Crippen LogP contribution in [-0.4, -0.2) is 24.8 Å². The molecule has 1 heterocycles. The van der Waals surface area contributed by atoms with Gasteiger partial charge in [-0.1, -0.05) is 6.42 Å². The number of hydrogen-bond donors (Lipinski definition) is 1. The zero-order valence-corrected chi connectivity index (χ0v) is 12.3. The molecule has 0 saturated carbocycles. The summed E-state index contributed by atoms with van der Waals surface area (Å²) >= 11 is 0. The van der Waals surface area contributed by atoms with Gasteiger partial charge >= 0.3 is 0 Å². The Hall–Kier alpha value is -1.21. The number of rotatable bonds is 2. The maximum atomic E-state index is 13.9. The highest BCUT2D eigenvalue weighted by Gasteiger charge is 2.37. The van der Waals surface area contributed by atoms with Gasteiger partial charge in [0.2, 0.25) is 10.0 Å². The van der Waals surface area contributed by atoms with E-state index in [2.05, 4.69) is 0 Å². The van der Waals surface area contributed by atoms with Crippen LogP contribution in [0.25, 0.3) is 0 Å². The molecule has 1 aliphatic rings. The van der Waals surface area contributed by atoms with Crippen molar-refractivity contribution in [2.75, 3.05) is 5.73 Å². The van der Waals surface area contributed by atoms with E-state index in [1.165, 1.54) is 4.31 Å². The van der Waals surface area contributed by atoms with Crippen molar-refractivity contribution in [2.45, 2.75) is 50.1 Å². The average molecular weight is 304 g/mol. The minimum absolute atomic E-state index is 0.111. The van der Waals surface area contributed by atoms with E-state index in [1.54, 1.807) is 13.8 Å². The van der Waals surface area contributed by atoms with Crippen molar-refractivity contribution < 1.29 is 17.2 Å². The normalized spacial score (nSPS) is 24.8. The van der Waals surface area contributed by atoms with Crippen LogP contribution in [0.1, 0.15) is 33.1 Å². The topological polar surface area (TPSA) is 63.4 Å². The Morgan fingerprint density at radius 3 is 2.30 bits per heavy atom. The average Bonchev–Trinajstić information content (AvgIpc) is 2.33. The molecule has 0 radical (unpaired) electrons. The first-order chi connectivity index (χ1) is 9.25. The molecule has 0 amide bonds. The van der Waals surface area contributed by atoms with Crippen molar-refractivity contribution in [3.05, 3.63) is 23.8 Å². The zero-order chi connectivity index (χ0) is 15.1. The SMILES string of the molecule is CC1CCCC(C)N1S(=O)(=O)c1cc(N)cc(F)c1F. The smallest absolute Gasteiger partial charge is 0.246 e. The van der Waals surface area contributed by atoms with E-state index in [0.717, 1.165) is 18.6 Å². The minimum Gasteiger partial charge on any atom is -0.399 e. The van der Waals surface area contributed by atoms with Crippen LogP contribution in [0.15, 0.2) is 17.0 Å². The van der Waals surface area contributed by atoms with E-state index < -0.39 is 26.6 Å². The molecule has 1 aromatic rings. The van der Waals surface area contributed by atoms with Crippen molar-refractivity contribution in [1.82, 2.24) is 4.31 Å². The molecule has 2 rings (SSSR count). The first kappa shape index (κ1) is 15.2. The Morgan fingerprint density at radius 2 is 1.75 bits per heavy atom. The summed E-state index contributed by atoms with van der Waals surface area (Å²) in [6.07, 6.45) is 2.33. The van der Waals surface area contributed by atoms with Crippen molar-refractivity contribution in [2.24, 2.45) is 0 Å². The molecular weight excluding hydrogens is 286 g/mol. The van der Waals surface area contributed by atoms with Crippen LogP contribution in [-0.2, 0) is 10.0 Å². The van der Waals surface area contributed by atoms with Crippen molar-refractivity contribution >= 4 is 15.7 Å². The molecule has 0 aliphatic carbocycles. The summed E-state index contributed by atoms with van der Waals surface area (Å²) in [6.45, 7) is 3.54. The highest BCUT2D eigenvalue weighted by molar-refractivity contribution is 7.89. The quantitative estimate of drug-likeness (QED) is 0.854. The molecule has 2 N–H and O–H groups in total. The lowest BCUT2D eigenvalue weighted by atomic mass is 10.0. The number of halogens is 2. The molecule has 20 heavy (non-hydrogen) atoms. The lowest BCUT2D eigenvalue weighted by molar-refractivity contribution is 0.203. The third-order valence-electron chi connectivity index (χ3n) is 3.69. The standard InChI is InChI=1S/C13H18F2N2O2S/c1-8-4-3-5-9(2)17(8)20(18,19)12-7-10(16)6-11(14)13(12)15/h6-9H,3-5,16H2,1-2H3. The third kappa shape index (κ3) is 2.52. The fourth-order valence-electron chi connectivity index (χ4n) is 2.76. The second-order valence-electron chi connectivity index (χ2n) is 5.28. The Bertz CT molecular complexity index is 609. The van der Waals surface area contributed by atoms with Crippen LogP contribution in [0.3, 0.4) is 0 Å². The van der Waals surface area contributed by atoms with Gasteiger partial charge in [-0.15, -0.1) is 0 Å². The van der Waals surface area contributed by atoms with Gasteiger partial charge < -0.3 is 5.73 Å². The molecule has 0 bridgehead atoms. The molecule has 2 atom stereocenters. The lowest BCUT2D eigenvalue weighted by Gasteiger charge is -2.37. The summed E-state index contributed by atoms with van der Waals surface area (Å²) in [5.74, 6) is -2.62. The summed E-state index contributed by atoms with van der Waals surface area (Å²) in [4.78, 5) is -0.685. The summed E-state index contributed by atoms with van der Waals surface area (Å²) in [6, 6.07) is 1.26. The zero-order valence-electron chi connectivity index (χ0n) is 11.4. The van der Waals surface area contributed by atoms with Gasteiger partial charge in [0.15, 0.2) is 11.6 Å². The molecule has 1 aliphatic heterocycles. The third-order valence-corrected chi connectivity index (χ3v) is 5.81. The molecule has 2 unspecified atom stereocenters. The molecule has 1 fully saturated rings. The number of nitrogen functional groups attached to an aromatic ring is 1. The van der Waals surface area contributed by atoms with E-state index in [1.807, 2.05) is 0 Å². The molecular formula is C13H18F2N2O2S. The van der Waals surface area contributed by atoms with Crippen molar-refractivity contribution in [3.63, 3.8) is 0 Å². The molecule has 1 saturated heterocycles. The van der Waals surface area contributed by atoms with Crippen LogP contribution >= 0.6 is 0 Å². The fourth-order valence-corrected chi connectivity index (χ4v) is 4.75. The summed E-state index contributed by atoms with van der Waals surface area (Å²) < 4.78 is 53.7. The highest BCUT2D eigenvalue weighted by Crippen LogP contribution is 2.32. The van der Waals surface area contributed by atoms with Gasteiger partial charge in [0.25, 0.3) is 0 Å². The summed E-state index contributed by atoms with van der Waals surface area (Å²) in [5, 5.41) is 0. The molecule has 0 aromatic heterocycles. The number of anilines is 1. The van der Waals surface area contributed by atoms with Gasteiger partial charge in [0, 0.05) is 17.8 Å². The predicted octanol–water partition coefficient (Wildman–Crippen LogP) is 2.50. The van der Waals surface area contributed by atoms with Crippen LogP contribution < -0.4 is 5.73 Å². The number of nitrogens with two attached hydrogens (primary N) is 1. The van der Waals surface area contributed by atoms with E-state index in [0.29, 0.717) is 12.8 Å². The Kier molecular flexibility index (Phi) is 4.02. The van der Waals surface area contributed by atoms with Crippen LogP contribution in [0.2, 0.25) is 0 Å². The Morgan fingerprint density at radius 1 is 1.20 bits per heavy atom. The van der Waals surface area contributed by atoms with Crippen LogP contribution in [0, 0.1) is 11.6 Å². The summed E-state index contributed by atoms with van der Waals surface area (Å²) in [5.41, 5.74) is 5.32. The van der Waals surface area contributed by atoms with Crippen molar-refractivity contribution in [3.8, 4) is 0 Å². The highest BCUT2D eigenvalue weighted by atomic mass is 32.2. The molecule has 7 heteroatoms. The van der Waals surface area contributed by atoms with E-state index in [4.69, 9.17) is 5.73 Å². The van der Waals surface area contributed by atoms with Gasteiger partial charge in [-0.05, 0) is 38.8 Å². The summed E-state index contributed by atoms with van der Waals surface area (Å²) in [7, 11) is -4.10. The van der Waals surface area contributed by atoms with Crippen LogP contribution in [0.4, 0.5) is 14.5 Å². The number of benzene rings is 1. The largest absolute Gasteiger partial charge is 0.399 e. The maximum absolute atomic E-state index is 13.9. The Balaban J connectivity index is 2.55. The second-order valence-corrected chi connectivity index (χ2v) is 7.09. The molecule has 1 aromatic carbocycles. The van der Waals surface area contributed by atoms with Crippen molar-refractivity contribution in [1.29, 1.82) is 0 Å². The fraction of sp³-hybridized carbons (Fsp3) is 0.538. The monoisotopic (exact) mass is 304 g/mol. The van der Waals surface area contributed by atoms with E-state index in [-0.39, 0.29) is 17.8 Å². The Labute approximate surface area is 117 Å². The van der Waals surface area contributed by atoms with Gasteiger partial charge in [0.05, 0.1) is 0 Å². The second kappa shape index (κ2) is 5.29. The van der Waals surface area contributed by atoms with Gasteiger partial charge in [-0.3, -0.25) is 0 Å². The maximum Gasteiger partial charge on any atom is 0.246 e. The van der Waals surface area contributed by atoms with Crippen LogP contribution in [0.5, 0.6) is 0 Å². The van der Waals surface area contributed by atoms with E-state index >= 15 is 0 Å². The number of nitrogens with zero attached hydrogens (tertiary/aromatic N) is 1. The number of piperidine rings is 1. The van der Waals surface area contributed by atoms with E-state index in [9.17, 15) is 17.2 Å². The predicted molar refractivity (Wildman–Crippen MR) is 72.6 cm³/mol. The van der Waals surface area contributed by atoms with Gasteiger partial charge in [0.1, 0.15) is 4.90 Å². The minimum atomic E-state index is -4.10. The number of sulfonamides is 1.